The molecule has 0 spiro atoms. The summed E-state index contributed by atoms with van der Waals surface area (Å²) >= 11 is 0. The number of carbonyl (C=O) groups excluding carboxylic acids is 1. The van der Waals surface area contributed by atoms with E-state index in [1.54, 1.807) is 0 Å². The maximum Gasteiger partial charge on any atom is 0.314 e. The average molecular weight is 425 g/mol. The van der Waals surface area contributed by atoms with Crippen LogP contribution in [-0.2, 0) is 10.2 Å². The van der Waals surface area contributed by atoms with Gasteiger partial charge in [0.05, 0.1) is 5.92 Å². The van der Waals surface area contributed by atoms with Crippen molar-refractivity contribution in [3.8, 4) is 11.5 Å². The van der Waals surface area contributed by atoms with Crippen LogP contribution in [0.2, 0.25) is 0 Å². The Hall–Kier alpha value is -2.29. The lowest BCUT2D eigenvalue weighted by atomic mass is 9.77. The van der Waals surface area contributed by atoms with Crippen LogP contribution in [0.25, 0.3) is 0 Å². The zero-order valence-electron chi connectivity index (χ0n) is 20.9. The number of hydrogen-bond acceptors (Lipinski definition) is 3. The van der Waals surface area contributed by atoms with Crippen LogP contribution in [0.1, 0.15) is 90.0 Å². The summed E-state index contributed by atoms with van der Waals surface area (Å²) in [6, 6.07) is 12.6. The molecule has 31 heavy (non-hydrogen) atoms. The largest absolute Gasteiger partial charge is 0.487 e. The zero-order chi connectivity index (χ0) is 23.4. The van der Waals surface area contributed by atoms with Crippen molar-refractivity contribution in [2.45, 2.75) is 92.6 Å². The van der Waals surface area contributed by atoms with Gasteiger partial charge in [0, 0.05) is 5.41 Å². The van der Waals surface area contributed by atoms with Crippen molar-refractivity contribution in [1.29, 1.82) is 0 Å². The molecule has 0 aliphatic heterocycles. The highest BCUT2D eigenvalue weighted by molar-refractivity contribution is 5.75. The molecule has 0 saturated heterocycles. The van der Waals surface area contributed by atoms with Crippen molar-refractivity contribution in [1.82, 2.24) is 0 Å². The van der Waals surface area contributed by atoms with Crippen molar-refractivity contribution < 1.29 is 14.3 Å². The van der Waals surface area contributed by atoms with Crippen molar-refractivity contribution in [3.63, 3.8) is 0 Å². The minimum Gasteiger partial charge on any atom is -0.487 e. The summed E-state index contributed by atoms with van der Waals surface area (Å²) in [5.41, 5.74) is 4.22. The van der Waals surface area contributed by atoms with Gasteiger partial charge in [0.25, 0.3) is 0 Å². The van der Waals surface area contributed by atoms with Gasteiger partial charge in [-0.2, -0.15) is 0 Å². The van der Waals surface area contributed by atoms with E-state index in [0.29, 0.717) is 5.75 Å². The van der Waals surface area contributed by atoms with Crippen LogP contribution in [0, 0.1) is 19.8 Å². The predicted molar refractivity (Wildman–Crippen MR) is 129 cm³/mol. The van der Waals surface area contributed by atoms with Crippen molar-refractivity contribution in [3.05, 3.63) is 58.7 Å². The number of rotatable bonds is 9. The Bertz CT molecular complexity index is 906. The lowest BCUT2D eigenvalue weighted by Gasteiger charge is -2.31. The highest BCUT2D eigenvalue weighted by atomic mass is 16.5. The molecule has 1 atom stereocenters. The van der Waals surface area contributed by atoms with E-state index >= 15 is 0 Å². The van der Waals surface area contributed by atoms with Gasteiger partial charge in [-0.1, -0.05) is 65.8 Å². The monoisotopic (exact) mass is 424 g/mol. The molecule has 3 nitrogen and oxygen atoms in total. The summed E-state index contributed by atoms with van der Waals surface area (Å²) in [6.07, 6.45) is 2.73. The van der Waals surface area contributed by atoms with Gasteiger partial charge in [-0.15, -0.1) is 0 Å². The van der Waals surface area contributed by atoms with Gasteiger partial charge in [0.15, 0.2) is 0 Å². The van der Waals surface area contributed by atoms with Crippen LogP contribution in [0.3, 0.4) is 0 Å². The van der Waals surface area contributed by atoms with Gasteiger partial charge in [-0.3, -0.25) is 4.79 Å². The van der Waals surface area contributed by atoms with Crippen LogP contribution < -0.4 is 9.47 Å². The lowest BCUT2D eigenvalue weighted by molar-refractivity contribution is -0.138. The minimum absolute atomic E-state index is 0.0958. The molecular weight excluding hydrogens is 384 g/mol. The Morgan fingerprint density at radius 2 is 1.35 bits per heavy atom. The molecule has 0 bridgehead atoms. The minimum atomic E-state index is -0.188. The molecule has 0 fully saturated rings. The summed E-state index contributed by atoms with van der Waals surface area (Å²) in [4.78, 5) is 12.2. The fourth-order valence-corrected chi connectivity index (χ4v) is 3.51. The maximum absolute atomic E-state index is 12.2. The van der Waals surface area contributed by atoms with Crippen LogP contribution in [0.4, 0.5) is 0 Å². The fourth-order valence-electron chi connectivity index (χ4n) is 3.51. The molecule has 0 radical (unpaired) electrons. The summed E-state index contributed by atoms with van der Waals surface area (Å²) < 4.78 is 12.0. The summed E-state index contributed by atoms with van der Waals surface area (Å²) in [5, 5.41) is 0. The third kappa shape index (κ3) is 5.70. The van der Waals surface area contributed by atoms with Crippen LogP contribution in [0.15, 0.2) is 36.4 Å². The molecule has 3 heteroatoms. The Kier molecular flexibility index (Phi) is 7.97. The smallest absolute Gasteiger partial charge is 0.314 e. The molecule has 0 N–H and O–H groups in total. The second-order valence-electron chi connectivity index (χ2n) is 9.58. The molecule has 2 aromatic carbocycles. The molecule has 0 heterocycles. The van der Waals surface area contributed by atoms with E-state index < -0.39 is 0 Å². The predicted octanol–water partition coefficient (Wildman–Crippen LogP) is 7.54. The third-order valence-electron chi connectivity index (χ3n) is 6.87. The summed E-state index contributed by atoms with van der Waals surface area (Å²) in [5.74, 6) is 1.33. The van der Waals surface area contributed by atoms with Crippen LogP contribution in [-0.4, -0.2) is 11.6 Å². The van der Waals surface area contributed by atoms with E-state index in [4.69, 9.17) is 9.47 Å². The number of benzene rings is 2. The van der Waals surface area contributed by atoms with Gasteiger partial charge in [-0.05, 0) is 74.4 Å². The first kappa shape index (κ1) is 25.0. The molecule has 2 aromatic rings. The number of hydrogen-bond donors (Lipinski definition) is 0. The second-order valence-corrected chi connectivity index (χ2v) is 9.58. The van der Waals surface area contributed by atoms with E-state index in [2.05, 4.69) is 71.9 Å². The molecule has 1 unspecified atom stereocenters. The molecule has 0 aliphatic rings. The van der Waals surface area contributed by atoms with Gasteiger partial charge in [0.1, 0.15) is 17.1 Å². The summed E-state index contributed by atoms with van der Waals surface area (Å²) in [7, 11) is 0. The Morgan fingerprint density at radius 3 is 1.77 bits per heavy atom. The van der Waals surface area contributed by atoms with E-state index in [1.807, 2.05) is 26.8 Å². The Morgan fingerprint density at radius 1 is 0.871 bits per heavy atom. The number of aryl methyl sites for hydroxylation is 2. The van der Waals surface area contributed by atoms with Gasteiger partial charge < -0.3 is 9.47 Å². The van der Waals surface area contributed by atoms with Crippen molar-refractivity contribution in [2.24, 2.45) is 5.92 Å². The summed E-state index contributed by atoms with van der Waals surface area (Å²) in [6.45, 7) is 19.0. The molecule has 0 amide bonds. The molecular formula is C28H40O3. The Labute approximate surface area is 189 Å². The highest BCUT2D eigenvalue weighted by Gasteiger charge is 2.27. The number of carbonyl (C=O) groups is 1. The molecule has 0 saturated carbocycles. The second kappa shape index (κ2) is 9.89. The van der Waals surface area contributed by atoms with Crippen molar-refractivity contribution >= 4 is 5.97 Å². The SMILES string of the molecule is CCC(C)C(=O)Oc1ccc(C(C)(C)c2ccc(OC(C)(CC)CC)c(C)c2)cc1C. The maximum atomic E-state index is 12.2. The first-order valence-corrected chi connectivity index (χ1v) is 11.6. The van der Waals surface area contributed by atoms with Gasteiger partial charge in [-0.25, -0.2) is 0 Å². The van der Waals surface area contributed by atoms with E-state index in [9.17, 15) is 4.79 Å². The fraction of sp³-hybridized carbons (Fsp3) is 0.536. The number of esters is 1. The van der Waals surface area contributed by atoms with Gasteiger partial charge in [0.2, 0.25) is 0 Å². The van der Waals surface area contributed by atoms with Crippen LogP contribution in [0.5, 0.6) is 11.5 Å². The number of ether oxygens (including phenoxy) is 2. The highest BCUT2D eigenvalue weighted by Crippen LogP contribution is 2.37. The zero-order valence-corrected chi connectivity index (χ0v) is 20.9. The standard InChI is InChI=1S/C28H40O3/c1-10-19(4)26(29)30-24-15-13-22(17-20(24)5)27(7,8)23-14-16-25(21(6)18-23)31-28(9,11-2)12-3/h13-19H,10-12H2,1-9H3. The molecule has 170 valence electrons. The van der Waals surface area contributed by atoms with E-state index in [1.165, 1.54) is 11.1 Å². The quantitative estimate of drug-likeness (QED) is 0.308. The normalized spacial score (nSPS) is 13.1. The average Bonchev–Trinajstić information content (AvgIpc) is 2.75. The van der Waals surface area contributed by atoms with Crippen molar-refractivity contribution in [2.75, 3.05) is 0 Å². The molecule has 0 aliphatic carbocycles. The van der Waals surface area contributed by atoms with E-state index in [-0.39, 0.29) is 22.9 Å². The first-order valence-electron chi connectivity index (χ1n) is 11.6. The third-order valence-corrected chi connectivity index (χ3v) is 6.87. The Balaban J connectivity index is 2.29. The molecule has 0 aromatic heterocycles. The topological polar surface area (TPSA) is 35.5 Å². The lowest BCUT2D eigenvalue weighted by Crippen LogP contribution is -2.30. The van der Waals surface area contributed by atoms with Crippen LogP contribution >= 0.6 is 0 Å². The molecule has 2 rings (SSSR count). The van der Waals surface area contributed by atoms with Gasteiger partial charge >= 0.3 is 5.97 Å². The first-order chi connectivity index (χ1) is 14.5. The van der Waals surface area contributed by atoms with E-state index in [0.717, 1.165) is 36.1 Å².